The van der Waals surface area contributed by atoms with E-state index in [2.05, 4.69) is 9.72 Å². The van der Waals surface area contributed by atoms with Gasteiger partial charge in [-0.05, 0) is 18.6 Å². The quantitative estimate of drug-likeness (QED) is 0.624. The number of ether oxygens (including phenoxy) is 1. The number of alkyl halides is 3. The number of carbonyl (C=O) groups is 1. The Hall–Kier alpha value is -2.52. The number of rotatable bonds is 2. The first-order valence-corrected chi connectivity index (χ1v) is 6.57. The van der Waals surface area contributed by atoms with Crippen LogP contribution in [0.15, 0.2) is 10.9 Å². The Morgan fingerprint density at radius 1 is 1.48 bits per heavy atom. The average molecular weight is 328 g/mol. The van der Waals surface area contributed by atoms with E-state index in [1.54, 1.807) is 0 Å². The lowest BCUT2D eigenvalue weighted by Gasteiger charge is -2.16. The molecule has 10 heteroatoms. The van der Waals surface area contributed by atoms with Crippen LogP contribution in [0.5, 0.6) is 5.75 Å². The minimum absolute atomic E-state index is 0.0198. The van der Waals surface area contributed by atoms with Gasteiger partial charge in [0.1, 0.15) is 5.75 Å². The Bertz CT molecular complexity index is 861. The number of esters is 1. The lowest BCUT2D eigenvalue weighted by Crippen LogP contribution is -2.29. The first-order valence-electron chi connectivity index (χ1n) is 6.57. The molecule has 0 spiro atoms. The van der Waals surface area contributed by atoms with Crippen molar-refractivity contribution in [2.75, 3.05) is 6.61 Å². The zero-order valence-corrected chi connectivity index (χ0v) is 12.5. The first-order chi connectivity index (χ1) is 10.6. The van der Waals surface area contributed by atoms with Crippen molar-refractivity contribution in [2.24, 2.45) is 7.05 Å². The van der Waals surface area contributed by atoms with Crippen molar-refractivity contribution in [3.63, 3.8) is 0 Å². The summed E-state index contributed by atoms with van der Waals surface area (Å²) in [7, 11) is 2.38. The van der Waals surface area contributed by atoms with E-state index in [0.717, 1.165) is 7.05 Å². The summed E-state index contributed by atoms with van der Waals surface area (Å²) in [6.45, 7) is 1.44. The van der Waals surface area contributed by atoms with Crippen LogP contribution >= 0.6 is 0 Å². The predicted octanol–water partition coefficient (Wildman–Crippen LogP) is 0.0930. The summed E-state index contributed by atoms with van der Waals surface area (Å²) in [5, 5.41) is 9.86. The molecule has 6 nitrogen and oxygen atoms in total. The molecule has 0 unspecified atom stereocenters. The van der Waals surface area contributed by atoms with Crippen molar-refractivity contribution in [3.05, 3.63) is 27.7 Å². The highest BCUT2D eigenvalue weighted by Crippen LogP contribution is 2.35. The summed E-state index contributed by atoms with van der Waals surface area (Å²) < 4.78 is 44.8. The van der Waals surface area contributed by atoms with Gasteiger partial charge in [-0.2, -0.15) is 13.2 Å². The summed E-state index contributed by atoms with van der Waals surface area (Å²) in [5.74, 6) is -1.95. The molecule has 2 aromatic heterocycles. The molecule has 0 amide bonds. The maximum Gasteiger partial charge on any atom is 0.435 e. The van der Waals surface area contributed by atoms with Crippen LogP contribution in [0.4, 0.5) is 13.2 Å². The van der Waals surface area contributed by atoms with Crippen LogP contribution in [-0.4, -0.2) is 35.1 Å². The molecule has 0 fully saturated rings. The number of hydrogen-bond acceptors (Lipinski definition) is 5. The van der Waals surface area contributed by atoms with Crippen molar-refractivity contribution in [1.29, 1.82) is 0 Å². The first kappa shape index (κ1) is 16.8. The molecule has 0 aliphatic heterocycles. The summed E-state index contributed by atoms with van der Waals surface area (Å²) >= 11 is 0. The molecule has 0 atom stereocenters. The van der Waals surface area contributed by atoms with Crippen molar-refractivity contribution in [3.8, 4) is 5.75 Å². The monoisotopic (exact) mass is 328 g/mol. The van der Waals surface area contributed by atoms with Crippen molar-refractivity contribution in [1.82, 2.24) is 9.55 Å². The van der Waals surface area contributed by atoms with Crippen molar-refractivity contribution < 1.29 is 27.8 Å². The van der Waals surface area contributed by atoms with E-state index in [1.807, 2.05) is 0 Å². The third kappa shape index (κ3) is 2.76. The number of aryl methyl sites for hydroxylation is 1. The van der Waals surface area contributed by atoms with E-state index in [1.165, 1.54) is 20.8 Å². The van der Waals surface area contributed by atoms with E-state index in [-0.39, 0.29) is 17.6 Å². The van der Waals surface area contributed by atoms with Gasteiger partial charge in [0.05, 0.1) is 12.1 Å². The molecule has 2 heterocycles. The van der Waals surface area contributed by atoms with Gasteiger partial charge in [-0.1, -0.05) is 0 Å². The number of aromatic nitrogens is 2. The zero-order chi connectivity index (χ0) is 17.5. The molecule has 2 aromatic rings. The summed E-state index contributed by atoms with van der Waals surface area (Å²) in [4.78, 5) is 27.4. The minimum atomic E-state index is -4.83. The number of aromatic hydroxyl groups is 1. The Morgan fingerprint density at radius 3 is 2.61 bits per heavy atom. The second-order valence-corrected chi connectivity index (χ2v) is 4.81. The molecule has 122 valence electrons. The Balaban J connectivity index is 3.00. The second-order valence-electron chi connectivity index (χ2n) is 4.81. The van der Waals surface area contributed by atoms with Crippen LogP contribution in [0.2, 0.25) is 0 Å². The van der Waals surface area contributed by atoms with Gasteiger partial charge in [0.2, 0.25) is 0 Å². The highest BCUT2D eigenvalue weighted by Gasteiger charge is 2.37. The van der Waals surface area contributed by atoms with Crippen LogP contribution in [0, 0.1) is 0 Å². The largest absolute Gasteiger partial charge is 0.506 e. The number of carbonyl (C=O) groups excluding carboxylic acids is 1. The van der Waals surface area contributed by atoms with Gasteiger partial charge in [-0.15, -0.1) is 0 Å². The molecular formula is C13H12BF3N2O4. The second kappa shape index (κ2) is 5.60. The maximum absolute atomic E-state index is 13.2. The van der Waals surface area contributed by atoms with Gasteiger partial charge in [0.15, 0.2) is 19.1 Å². The summed E-state index contributed by atoms with van der Waals surface area (Å²) in [5.41, 5.74) is -3.73. The molecule has 0 bridgehead atoms. The van der Waals surface area contributed by atoms with Gasteiger partial charge in [0.25, 0.3) is 5.56 Å². The SMILES string of the molecule is Bc1cc2c(O)c(C(=O)OCC)c(=O)n(C)c2c(C(F)(F)F)n1. The van der Waals surface area contributed by atoms with Crippen LogP contribution in [0.3, 0.4) is 0 Å². The molecule has 0 saturated carbocycles. The minimum Gasteiger partial charge on any atom is -0.506 e. The van der Waals surface area contributed by atoms with Gasteiger partial charge in [-0.3, -0.25) is 9.78 Å². The van der Waals surface area contributed by atoms with Gasteiger partial charge in [0, 0.05) is 12.4 Å². The van der Waals surface area contributed by atoms with E-state index >= 15 is 0 Å². The number of hydrogen-bond donors (Lipinski definition) is 1. The lowest BCUT2D eigenvalue weighted by molar-refractivity contribution is -0.139. The van der Waals surface area contributed by atoms with Crippen LogP contribution in [-0.2, 0) is 18.0 Å². The van der Waals surface area contributed by atoms with Crippen molar-refractivity contribution in [2.45, 2.75) is 13.1 Å². The van der Waals surface area contributed by atoms with E-state index in [4.69, 9.17) is 0 Å². The molecule has 0 aliphatic rings. The summed E-state index contributed by atoms with van der Waals surface area (Å²) in [6, 6.07) is 1.17. The average Bonchev–Trinajstić information content (AvgIpc) is 2.43. The predicted molar refractivity (Wildman–Crippen MR) is 77.8 cm³/mol. The molecule has 0 radical (unpaired) electrons. The van der Waals surface area contributed by atoms with E-state index in [9.17, 15) is 27.9 Å². The third-order valence-electron chi connectivity index (χ3n) is 3.21. The Morgan fingerprint density at radius 2 is 2.09 bits per heavy atom. The molecule has 1 N–H and O–H groups in total. The molecule has 0 aliphatic carbocycles. The fourth-order valence-electron chi connectivity index (χ4n) is 2.28. The molecule has 2 rings (SSSR count). The topological polar surface area (TPSA) is 81.4 Å². The Labute approximate surface area is 128 Å². The van der Waals surface area contributed by atoms with Crippen LogP contribution in [0.25, 0.3) is 10.9 Å². The summed E-state index contributed by atoms with van der Waals surface area (Å²) in [6.07, 6.45) is -4.83. The van der Waals surface area contributed by atoms with Crippen LogP contribution < -0.4 is 11.2 Å². The lowest BCUT2D eigenvalue weighted by atomic mass is 9.99. The van der Waals surface area contributed by atoms with Gasteiger partial charge < -0.3 is 14.4 Å². The molecule has 0 saturated heterocycles. The smallest absolute Gasteiger partial charge is 0.435 e. The van der Waals surface area contributed by atoms with Crippen molar-refractivity contribution >= 4 is 30.3 Å². The standard InChI is InChI=1S/C13H12BF3N2O4/c1-3-23-12(22)7-9(20)5-4-6(14)18-10(13(15,16)17)8(5)19(2)11(7)21/h4,20H,3,14H2,1-2H3. The normalized spacial score (nSPS) is 11.7. The molecular weight excluding hydrogens is 316 g/mol. The van der Waals surface area contributed by atoms with Crippen LogP contribution in [0.1, 0.15) is 23.0 Å². The number of fused-ring (bicyclic) bond motifs is 1. The van der Waals surface area contributed by atoms with Gasteiger partial charge >= 0.3 is 12.1 Å². The Kier molecular flexibility index (Phi) is 4.10. The number of nitrogens with zero attached hydrogens (tertiary/aromatic N) is 2. The zero-order valence-electron chi connectivity index (χ0n) is 12.5. The highest BCUT2D eigenvalue weighted by molar-refractivity contribution is 6.31. The van der Waals surface area contributed by atoms with Gasteiger partial charge in [-0.25, -0.2) is 4.79 Å². The maximum atomic E-state index is 13.2. The number of pyridine rings is 2. The fraction of sp³-hybridized carbons (Fsp3) is 0.308. The number of halogens is 3. The third-order valence-corrected chi connectivity index (χ3v) is 3.21. The van der Waals surface area contributed by atoms with E-state index < -0.39 is 40.2 Å². The molecule has 23 heavy (non-hydrogen) atoms. The highest BCUT2D eigenvalue weighted by atomic mass is 19.4. The molecule has 0 aromatic carbocycles. The fourth-order valence-corrected chi connectivity index (χ4v) is 2.28. The van der Waals surface area contributed by atoms with E-state index in [0.29, 0.717) is 4.57 Å².